The molecule has 0 bridgehead atoms. The molecule has 1 aromatic rings. The lowest BCUT2D eigenvalue weighted by molar-refractivity contribution is 0.0696. The highest BCUT2D eigenvalue weighted by molar-refractivity contribution is 6.32. The summed E-state index contributed by atoms with van der Waals surface area (Å²) < 4.78 is 4.95. The van der Waals surface area contributed by atoms with E-state index in [9.17, 15) is 4.79 Å². The molecule has 0 saturated carbocycles. The van der Waals surface area contributed by atoms with Gasteiger partial charge in [-0.25, -0.2) is 9.78 Å². The molecule has 0 atom stereocenters. The first-order chi connectivity index (χ1) is 6.65. The van der Waals surface area contributed by atoms with Crippen LogP contribution in [0, 0.1) is 12.3 Å². The standard InChI is InChI=1S/C9H6ClNO3/c1-2-3-14-8-7(10)4-6(5-11-8)9(12)13/h1,4-5H,3H2,(H,12,13). The molecule has 5 heteroatoms. The van der Waals surface area contributed by atoms with Crippen molar-refractivity contribution in [2.24, 2.45) is 0 Å². The van der Waals surface area contributed by atoms with E-state index in [4.69, 9.17) is 27.9 Å². The Morgan fingerprint density at radius 3 is 3.00 bits per heavy atom. The summed E-state index contributed by atoms with van der Waals surface area (Å²) in [4.78, 5) is 14.2. The topological polar surface area (TPSA) is 59.4 Å². The van der Waals surface area contributed by atoms with Gasteiger partial charge in [0, 0.05) is 6.20 Å². The molecule has 0 fully saturated rings. The normalized spacial score (nSPS) is 9.14. The van der Waals surface area contributed by atoms with Gasteiger partial charge in [0.15, 0.2) is 6.61 Å². The third-order valence-electron chi connectivity index (χ3n) is 1.35. The summed E-state index contributed by atoms with van der Waals surface area (Å²) in [6.45, 7) is 0.0408. The number of aromatic carboxylic acids is 1. The van der Waals surface area contributed by atoms with Gasteiger partial charge in [0.1, 0.15) is 5.02 Å². The molecule has 0 aliphatic heterocycles. The van der Waals surface area contributed by atoms with Gasteiger partial charge in [-0.2, -0.15) is 0 Å². The molecule has 0 aliphatic carbocycles. The van der Waals surface area contributed by atoms with Crippen molar-refractivity contribution in [1.82, 2.24) is 4.98 Å². The van der Waals surface area contributed by atoms with Gasteiger partial charge in [0.2, 0.25) is 5.88 Å². The number of aromatic nitrogens is 1. The van der Waals surface area contributed by atoms with Crippen molar-refractivity contribution in [2.45, 2.75) is 0 Å². The number of carboxylic acid groups (broad SMARTS) is 1. The first-order valence-corrected chi connectivity index (χ1v) is 3.98. The van der Waals surface area contributed by atoms with Crippen LogP contribution in [0.2, 0.25) is 5.02 Å². The lowest BCUT2D eigenvalue weighted by Crippen LogP contribution is -2.01. The summed E-state index contributed by atoms with van der Waals surface area (Å²) in [7, 11) is 0. The fourth-order valence-corrected chi connectivity index (χ4v) is 0.979. The first kappa shape index (κ1) is 10.4. The van der Waals surface area contributed by atoms with Crippen LogP contribution in [0.25, 0.3) is 0 Å². The minimum Gasteiger partial charge on any atom is -0.478 e. The smallest absolute Gasteiger partial charge is 0.337 e. The number of carboxylic acids is 1. The monoisotopic (exact) mass is 211 g/mol. The van der Waals surface area contributed by atoms with E-state index in [0.717, 1.165) is 6.20 Å². The third-order valence-corrected chi connectivity index (χ3v) is 1.62. The molecular weight excluding hydrogens is 206 g/mol. The van der Waals surface area contributed by atoms with Crippen LogP contribution < -0.4 is 4.74 Å². The lowest BCUT2D eigenvalue weighted by Gasteiger charge is -2.03. The Kier molecular flexibility index (Phi) is 3.32. The summed E-state index contributed by atoms with van der Waals surface area (Å²) >= 11 is 5.69. The molecule has 72 valence electrons. The summed E-state index contributed by atoms with van der Waals surface area (Å²) in [5, 5.41) is 8.73. The predicted octanol–water partition coefficient (Wildman–Crippen LogP) is 1.45. The molecule has 0 radical (unpaired) electrons. The zero-order valence-electron chi connectivity index (χ0n) is 7.03. The highest BCUT2D eigenvalue weighted by Crippen LogP contribution is 2.22. The van der Waals surface area contributed by atoms with E-state index < -0.39 is 5.97 Å². The van der Waals surface area contributed by atoms with E-state index in [2.05, 4.69) is 10.9 Å². The van der Waals surface area contributed by atoms with Crippen molar-refractivity contribution < 1.29 is 14.6 Å². The number of nitrogens with zero attached hydrogens (tertiary/aromatic N) is 1. The maximum Gasteiger partial charge on any atom is 0.337 e. The first-order valence-electron chi connectivity index (χ1n) is 3.60. The van der Waals surface area contributed by atoms with E-state index in [-0.39, 0.29) is 23.1 Å². The van der Waals surface area contributed by atoms with Gasteiger partial charge < -0.3 is 9.84 Å². The molecule has 1 N–H and O–H groups in total. The van der Waals surface area contributed by atoms with E-state index in [0.29, 0.717) is 0 Å². The SMILES string of the molecule is C#CCOc1ncc(C(=O)O)cc1Cl. The number of carbonyl (C=O) groups is 1. The van der Waals surface area contributed by atoms with Gasteiger partial charge in [-0.3, -0.25) is 0 Å². The van der Waals surface area contributed by atoms with E-state index in [1.54, 1.807) is 0 Å². The van der Waals surface area contributed by atoms with Gasteiger partial charge in [-0.05, 0) is 6.07 Å². The maximum absolute atomic E-state index is 10.5. The highest BCUT2D eigenvalue weighted by Gasteiger charge is 2.08. The van der Waals surface area contributed by atoms with E-state index in [1.807, 2.05) is 0 Å². The summed E-state index contributed by atoms with van der Waals surface area (Å²) in [6, 6.07) is 1.25. The number of halogens is 1. The molecule has 1 aromatic heterocycles. The number of terminal acetylenes is 1. The molecule has 0 aliphatic rings. The van der Waals surface area contributed by atoms with E-state index in [1.165, 1.54) is 6.07 Å². The Balaban J connectivity index is 2.91. The zero-order chi connectivity index (χ0) is 10.6. The van der Waals surface area contributed by atoms with E-state index >= 15 is 0 Å². The lowest BCUT2D eigenvalue weighted by atomic mass is 10.3. The second-order valence-corrected chi connectivity index (χ2v) is 2.72. The van der Waals surface area contributed by atoms with Crippen LogP contribution in [0.3, 0.4) is 0 Å². The van der Waals surface area contributed by atoms with Crippen LogP contribution in [0.5, 0.6) is 5.88 Å². The van der Waals surface area contributed by atoms with Crippen molar-refractivity contribution in [3.63, 3.8) is 0 Å². The molecule has 14 heavy (non-hydrogen) atoms. The molecular formula is C9H6ClNO3. The Hall–Kier alpha value is -1.73. The quantitative estimate of drug-likeness (QED) is 0.769. The van der Waals surface area contributed by atoms with Crippen molar-refractivity contribution in [3.8, 4) is 18.2 Å². The average molecular weight is 212 g/mol. The number of ether oxygens (including phenoxy) is 1. The molecule has 0 saturated heterocycles. The van der Waals surface area contributed by atoms with Crippen LogP contribution in [0.4, 0.5) is 0 Å². The van der Waals surface area contributed by atoms with Gasteiger partial charge in [-0.15, -0.1) is 6.42 Å². The Morgan fingerprint density at radius 2 is 2.50 bits per heavy atom. The summed E-state index contributed by atoms with van der Waals surface area (Å²) in [5.41, 5.74) is 0.00283. The second kappa shape index (κ2) is 4.49. The van der Waals surface area contributed by atoms with Crippen LogP contribution >= 0.6 is 11.6 Å². The van der Waals surface area contributed by atoms with Gasteiger partial charge >= 0.3 is 5.97 Å². The summed E-state index contributed by atoms with van der Waals surface area (Å²) in [5.74, 6) is 1.28. The number of rotatable bonds is 3. The number of pyridine rings is 1. The van der Waals surface area contributed by atoms with Gasteiger partial charge in [0.05, 0.1) is 5.56 Å². The summed E-state index contributed by atoms with van der Waals surface area (Å²) in [6.07, 6.45) is 6.12. The van der Waals surface area contributed by atoms with Crippen LogP contribution in [-0.2, 0) is 0 Å². The molecule has 0 unspecified atom stereocenters. The van der Waals surface area contributed by atoms with Crippen LogP contribution in [0.15, 0.2) is 12.3 Å². The molecule has 1 rings (SSSR count). The minimum atomic E-state index is -1.09. The Bertz CT molecular complexity index is 398. The average Bonchev–Trinajstić information content (AvgIpc) is 2.15. The predicted molar refractivity (Wildman–Crippen MR) is 50.5 cm³/mol. The molecule has 0 spiro atoms. The molecule has 0 aromatic carbocycles. The Labute approximate surface area is 85.5 Å². The van der Waals surface area contributed by atoms with Gasteiger partial charge in [0.25, 0.3) is 0 Å². The van der Waals surface area contributed by atoms with Crippen LogP contribution in [-0.4, -0.2) is 22.7 Å². The van der Waals surface area contributed by atoms with Crippen molar-refractivity contribution >= 4 is 17.6 Å². The molecule has 1 heterocycles. The minimum absolute atomic E-state index is 0.00283. The maximum atomic E-state index is 10.5. The largest absolute Gasteiger partial charge is 0.478 e. The van der Waals surface area contributed by atoms with Crippen molar-refractivity contribution in [2.75, 3.05) is 6.61 Å². The van der Waals surface area contributed by atoms with Crippen LogP contribution in [0.1, 0.15) is 10.4 Å². The number of hydrogen-bond donors (Lipinski definition) is 1. The van der Waals surface area contributed by atoms with Crippen molar-refractivity contribution in [1.29, 1.82) is 0 Å². The fraction of sp³-hybridized carbons (Fsp3) is 0.111. The zero-order valence-corrected chi connectivity index (χ0v) is 7.78. The fourth-order valence-electron chi connectivity index (χ4n) is 0.759. The Morgan fingerprint density at radius 1 is 1.79 bits per heavy atom. The second-order valence-electron chi connectivity index (χ2n) is 2.31. The third kappa shape index (κ3) is 2.38. The van der Waals surface area contributed by atoms with Gasteiger partial charge in [-0.1, -0.05) is 17.5 Å². The highest BCUT2D eigenvalue weighted by atomic mass is 35.5. The molecule has 0 amide bonds. The molecule has 4 nitrogen and oxygen atoms in total. The van der Waals surface area contributed by atoms with Crippen molar-refractivity contribution in [3.05, 3.63) is 22.8 Å². The number of hydrogen-bond acceptors (Lipinski definition) is 3.